The minimum atomic E-state index is -0.528. The molecule has 0 radical (unpaired) electrons. The minimum Gasteiger partial charge on any atom is -0.481 e. The predicted molar refractivity (Wildman–Crippen MR) is 77.4 cm³/mol. The number of aryl methyl sites for hydroxylation is 1. The van der Waals surface area contributed by atoms with E-state index in [0.717, 1.165) is 11.1 Å². The van der Waals surface area contributed by atoms with Gasteiger partial charge in [-0.05, 0) is 43.7 Å². The first-order valence-corrected chi connectivity index (χ1v) is 6.55. The third-order valence-electron chi connectivity index (χ3n) is 2.92. The maximum absolute atomic E-state index is 11.9. The number of hydrogen-bond donors (Lipinski definition) is 1. The average molecular weight is 270 g/mol. The fraction of sp³-hybridized carbons (Fsp3) is 0.250. The van der Waals surface area contributed by atoms with Crippen molar-refractivity contribution < 1.29 is 9.53 Å². The largest absolute Gasteiger partial charge is 0.481 e. The van der Waals surface area contributed by atoms with Crippen LogP contribution >= 0.6 is 0 Å². The molecule has 0 aliphatic carbocycles. The van der Waals surface area contributed by atoms with Crippen molar-refractivity contribution in [3.63, 3.8) is 0 Å². The molecule has 0 fully saturated rings. The van der Waals surface area contributed by atoms with Crippen molar-refractivity contribution in [3.8, 4) is 5.75 Å². The summed E-state index contributed by atoms with van der Waals surface area (Å²) in [5.41, 5.74) is 2.17. The zero-order valence-corrected chi connectivity index (χ0v) is 11.7. The van der Waals surface area contributed by atoms with Crippen molar-refractivity contribution >= 4 is 5.91 Å². The molecule has 104 valence electrons. The number of carbonyl (C=O) groups is 1. The van der Waals surface area contributed by atoms with Crippen molar-refractivity contribution in [1.82, 2.24) is 10.3 Å². The van der Waals surface area contributed by atoms with E-state index in [4.69, 9.17) is 4.74 Å². The molecule has 1 aromatic carbocycles. The van der Waals surface area contributed by atoms with Gasteiger partial charge in [0, 0.05) is 18.9 Å². The number of rotatable bonds is 5. The summed E-state index contributed by atoms with van der Waals surface area (Å²) >= 11 is 0. The molecule has 1 aromatic heterocycles. The van der Waals surface area contributed by atoms with Crippen molar-refractivity contribution in [2.45, 2.75) is 26.5 Å². The Morgan fingerprint density at radius 2 is 1.85 bits per heavy atom. The highest BCUT2D eigenvalue weighted by atomic mass is 16.5. The molecule has 1 N–H and O–H groups in total. The molecule has 1 amide bonds. The van der Waals surface area contributed by atoms with Gasteiger partial charge in [0.2, 0.25) is 0 Å². The molecule has 0 spiro atoms. The molecule has 20 heavy (non-hydrogen) atoms. The van der Waals surface area contributed by atoms with Crippen molar-refractivity contribution in [1.29, 1.82) is 0 Å². The highest BCUT2D eigenvalue weighted by Crippen LogP contribution is 2.13. The Hall–Kier alpha value is -2.36. The van der Waals surface area contributed by atoms with Crippen LogP contribution in [0.5, 0.6) is 5.75 Å². The number of pyridine rings is 1. The summed E-state index contributed by atoms with van der Waals surface area (Å²) in [5, 5.41) is 2.84. The molecule has 2 aromatic rings. The molecule has 2 rings (SSSR count). The van der Waals surface area contributed by atoms with Crippen molar-refractivity contribution in [3.05, 3.63) is 59.9 Å². The number of nitrogens with one attached hydrogen (secondary N) is 1. The Kier molecular flexibility index (Phi) is 4.71. The molecule has 0 saturated heterocycles. The Balaban J connectivity index is 1.84. The van der Waals surface area contributed by atoms with Gasteiger partial charge in [0.05, 0.1) is 0 Å². The predicted octanol–water partition coefficient (Wildman–Crippen LogP) is 2.47. The molecule has 0 bridgehead atoms. The number of carbonyl (C=O) groups excluding carboxylic acids is 1. The topological polar surface area (TPSA) is 51.2 Å². The number of amides is 1. The van der Waals surface area contributed by atoms with Gasteiger partial charge in [-0.1, -0.05) is 17.7 Å². The number of nitrogens with zero attached hydrogens (tertiary/aromatic N) is 1. The molecule has 1 atom stereocenters. The van der Waals surface area contributed by atoms with Gasteiger partial charge in [-0.15, -0.1) is 0 Å². The summed E-state index contributed by atoms with van der Waals surface area (Å²) in [6.45, 7) is 4.22. The normalized spacial score (nSPS) is 11.7. The van der Waals surface area contributed by atoms with Crippen LogP contribution in [0.1, 0.15) is 18.1 Å². The van der Waals surface area contributed by atoms with Gasteiger partial charge in [-0.25, -0.2) is 0 Å². The Morgan fingerprint density at radius 3 is 2.50 bits per heavy atom. The van der Waals surface area contributed by atoms with Crippen LogP contribution in [-0.4, -0.2) is 17.0 Å². The Morgan fingerprint density at radius 1 is 1.20 bits per heavy atom. The second-order valence-corrected chi connectivity index (χ2v) is 4.65. The molecule has 4 nitrogen and oxygen atoms in total. The van der Waals surface area contributed by atoms with E-state index in [9.17, 15) is 4.79 Å². The van der Waals surface area contributed by atoms with Gasteiger partial charge in [-0.3, -0.25) is 9.78 Å². The van der Waals surface area contributed by atoms with Crippen LogP contribution in [0, 0.1) is 6.92 Å². The zero-order chi connectivity index (χ0) is 14.4. The first kappa shape index (κ1) is 14.1. The lowest BCUT2D eigenvalue weighted by Crippen LogP contribution is -2.35. The smallest absolute Gasteiger partial charge is 0.261 e. The molecular formula is C16H18N2O2. The lowest BCUT2D eigenvalue weighted by molar-refractivity contribution is -0.127. The van der Waals surface area contributed by atoms with Gasteiger partial charge >= 0.3 is 0 Å². The molecular weight excluding hydrogens is 252 g/mol. The maximum Gasteiger partial charge on any atom is 0.261 e. The third-order valence-corrected chi connectivity index (χ3v) is 2.92. The van der Waals surface area contributed by atoms with Crippen LogP contribution in [0.4, 0.5) is 0 Å². The molecule has 0 saturated carbocycles. The van der Waals surface area contributed by atoms with E-state index in [1.54, 1.807) is 19.3 Å². The van der Waals surface area contributed by atoms with E-state index in [1.165, 1.54) is 0 Å². The standard InChI is InChI=1S/C16H18N2O2/c1-12-3-5-15(6-4-12)20-13(2)16(19)18-11-14-7-9-17-10-8-14/h3-10,13H,11H2,1-2H3,(H,18,19)/t13-/m0/s1. The van der Waals surface area contributed by atoms with Crippen LogP contribution in [0.2, 0.25) is 0 Å². The van der Waals surface area contributed by atoms with Crippen LogP contribution in [0.3, 0.4) is 0 Å². The monoisotopic (exact) mass is 270 g/mol. The van der Waals surface area contributed by atoms with Crippen LogP contribution in [0.25, 0.3) is 0 Å². The molecule has 0 aliphatic heterocycles. The summed E-state index contributed by atoms with van der Waals surface area (Å²) in [7, 11) is 0. The number of ether oxygens (including phenoxy) is 1. The summed E-state index contributed by atoms with van der Waals surface area (Å²) in [5.74, 6) is 0.560. The van der Waals surface area contributed by atoms with E-state index in [-0.39, 0.29) is 5.91 Å². The highest BCUT2D eigenvalue weighted by Gasteiger charge is 2.13. The van der Waals surface area contributed by atoms with Crippen LogP contribution < -0.4 is 10.1 Å². The number of aromatic nitrogens is 1. The summed E-state index contributed by atoms with van der Waals surface area (Å²) < 4.78 is 5.60. The SMILES string of the molecule is Cc1ccc(O[C@@H](C)C(=O)NCc2ccncc2)cc1. The van der Waals surface area contributed by atoms with Gasteiger partial charge in [-0.2, -0.15) is 0 Å². The van der Waals surface area contributed by atoms with Gasteiger partial charge in [0.15, 0.2) is 6.10 Å². The molecule has 1 heterocycles. The number of hydrogen-bond acceptors (Lipinski definition) is 3. The van der Waals surface area contributed by atoms with Crippen molar-refractivity contribution in [2.24, 2.45) is 0 Å². The maximum atomic E-state index is 11.9. The zero-order valence-electron chi connectivity index (χ0n) is 11.7. The second-order valence-electron chi connectivity index (χ2n) is 4.65. The van der Waals surface area contributed by atoms with Gasteiger partial charge in [0.1, 0.15) is 5.75 Å². The number of benzene rings is 1. The van der Waals surface area contributed by atoms with E-state index in [2.05, 4.69) is 10.3 Å². The fourth-order valence-corrected chi connectivity index (χ4v) is 1.71. The van der Waals surface area contributed by atoms with Crippen molar-refractivity contribution in [2.75, 3.05) is 0 Å². The first-order valence-electron chi connectivity index (χ1n) is 6.55. The van der Waals surface area contributed by atoms with E-state index in [1.807, 2.05) is 43.3 Å². The minimum absolute atomic E-state index is 0.137. The highest BCUT2D eigenvalue weighted by molar-refractivity contribution is 5.80. The average Bonchev–Trinajstić information content (AvgIpc) is 2.48. The third kappa shape index (κ3) is 4.09. The molecule has 0 aliphatic rings. The van der Waals surface area contributed by atoms with Crippen LogP contribution in [-0.2, 0) is 11.3 Å². The Labute approximate surface area is 118 Å². The fourth-order valence-electron chi connectivity index (χ4n) is 1.71. The summed E-state index contributed by atoms with van der Waals surface area (Å²) in [6, 6.07) is 11.4. The van der Waals surface area contributed by atoms with Gasteiger partial charge < -0.3 is 10.1 Å². The summed E-state index contributed by atoms with van der Waals surface area (Å²) in [6.07, 6.45) is 2.88. The van der Waals surface area contributed by atoms with E-state index in [0.29, 0.717) is 12.3 Å². The quantitative estimate of drug-likeness (QED) is 0.908. The first-order chi connectivity index (χ1) is 9.65. The van der Waals surface area contributed by atoms with E-state index >= 15 is 0 Å². The second kappa shape index (κ2) is 6.70. The van der Waals surface area contributed by atoms with Gasteiger partial charge in [0.25, 0.3) is 5.91 Å². The lowest BCUT2D eigenvalue weighted by atomic mass is 10.2. The molecule has 4 heteroatoms. The Bertz CT molecular complexity index is 552. The lowest BCUT2D eigenvalue weighted by Gasteiger charge is -2.14. The molecule has 0 unspecified atom stereocenters. The van der Waals surface area contributed by atoms with Crippen LogP contribution in [0.15, 0.2) is 48.8 Å². The summed E-state index contributed by atoms with van der Waals surface area (Å²) in [4.78, 5) is 15.9. The van der Waals surface area contributed by atoms with E-state index < -0.39 is 6.10 Å².